The van der Waals surface area contributed by atoms with E-state index >= 15 is 0 Å². The molecular weight excluding hydrogens is 164 g/mol. The molecule has 1 saturated heterocycles. The topological polar surface area (TPSA) is 46.5 Å². The first-order valence-corrected chi connectivity index (χ1v) is 4.75. The Bertz CT molecular complexity index is 149. The molecule has 2 atom stereocenters. The molecule has 3 nitrogen and oxygen atoms in total. The Morgan fingerprint density at radius 3 is 3.00 bits per heavy atom. The first-order chi connectivity index (χ1) is 5.25. The van der Waals surface area contributed by atoms with Crippen LogP contribution < -0.4 is 0 Å². The molecule has 0 aliphatic carbocycles. The minimum absolute atomic E-state index is 0.280. The largest absolute Gasteiger partial charge is 0.469 e. The van der Waals surface area contributed by atoms with E-state index in [9.17, 15) is 9.90 Å². The Morgan fingerprint density at radius 1 is 1.73 bits per heavy atom. The molecule has 0 radical (unpaired) electrons. The molecule has 0 amide bonds. The van der Waals surface area contributed by atoms with Gasteiger partial charge < -0.3 is 9.84 Å². The normalized spacial score (nSPS) is 31.5. The lowest BCUT2D eigenvalue weighted by atomic mass is 10.0. The zero-order valence-corrected chi connectivity index (χ0v) is 7.26. The van der Waals surface area contributed by atoms with Crippen molar-refractivity contribution in [3.63, 3.8) is 0 Å². The maximum Gasteiger partial charge on any atom is 0.311 e. The summed E-state index contributed by atoms with van der Waals surface area (Å²) in [6.45, 7) is 0. The number of carbonyl (C=O) groups is 1. The van der Waals surface area contributed by atoms with Crippen LogP contribution in [0.1, 0.15) is 6.42 Å². The standard InChI is InChI=1S/C7H12O3S/c1-10-7(9)5-2-3-11-4-6(5)8/h5-6,8H,2-4H2,1H3/t5-,6+/m0/s1. The van der Waals surface area contributed by atoms with Crippen LogP contribution in [0.3, 0.4) is 0 Å². The lowest BCUT2D eigenvalue weighted by Crippen LogP contribution is -2.34. The van der Waals surface area contributed by atoms with Crippen LogP contribution in [-0.4, -0.2) is 35.8 Å². The summed E-state index contributed by atoms with van der Waals surface area (Å²) in [5.74, 6) is 1.02. The molecule has 1 rings (SSSR count). The van der Waals surface area contributed by atoms with Crippen molar-refractivity contribution in [1.29, 1.82) is 0 Å². The third-order valence-electron chi connectivity index (χ3n) is 1.83. The van der Waals surface area contributed by atoms with Crippen molar-refractivity contribution in [2.45, 2.75) is 12.5 Å². The second kappa shape index (κ2) is 3.97. The number of esters is 1. The third kappa shape index (κ3) is 2.10. The van der Waals surface area contributed by atoms with Gasteiger partial charge in [-0.2, -0.15) is 11.8 Å². The molecule has 0 saturated carbocycles. The number of rotatable bonds is 1. The highest BCUT2D eigenvalue weighted by Gasteiger charge is 2.30. The van der Waals surface area contributed by atoms with Gasteiger partial charge >= 0.3 is 5.97 Å². The summed E-state index contributed by atoms with van der Waals surface area (Å²) in [4.78, 5) is 11.0. The van der Waals surface area contributed by atoms with Crippen LogP contribution in [0.5, 0.6) is 0 Å². The maximum absolute atomic E-state index is 11.0. The summed E-state index contributed by atoms with van der Waals surface area (Å²) >= 11 is 1.68. The fourth-order valence-electron chi connectivity index (χ4n) is 1.15. The second-order valence-corrected chi connectivity index (χ2v) is 3.71. The van der Waals surface area contributed by atoms with E-state index in [2.05, 4.69) is 4.74 Å². The van der Waals surface area contributed by atoms with Gasteiger partial charge in [-0.1, -0.05) is 0 Å². The summed E-state index contributed by atoms with van der Waals surface area (Å²) in [5.41, 5.74) is 0. The Hall–Kier alpha value is -0.220. The molecule has 11 heavy (non-hydrogen) atoms. The molecule has 1 fully saturated rings. The predicted octanol–water partition coefficient (Wildman–Crippen LogP) is 0.273. The molecular formula is C7H12O3S. The van der Waals surface area contributed by atoms with E-state index in [-0.39, 0.29) is 11.9 Å². The van der Waals surface area contributed by atoms with Crippen LogP contribution in [0.2, 0.25) is 0 Å². The van der Waals surface area contributed by atoms with Gasteiger partial charge in [-0.15, -0.1) is 0 Å². The van der Waals surface area contributed by atoms with Gasteiger partial charge in [0.1, 0.15) is 0 Å². The van der Waals surface area contributed by atoms with Crippen molar-refractivity contribution in [3.8, 4) is 0 Å². The monoisotopic (exact) mass is 176 g/mol. The minimum Gasteiger partial charge on any atom is -0.469 e. The Balaban J connectivity index is 2.47. The van der Waals surface area contributed by atoms with Crippen molar-refractivity contribution in [2.24, 2.45) is 5.92 Å². The van der Waals surface area contributed by atoms with Gasteiger partial charge in [0.15, 0.2) is 0 Å². The molecule has 0 unspecified atom stereocenters. The number of aliphatic hydroxyl groups excluding tert-OH is 1. The van der Waals surface area contributed by atoms with E-state index in [1.807, 2.05) is 0 Å². The van der Waals surface area contributed by atoms with Crippen LogP contribution >= 0.6 is 11.8 Å². The zero-order valence-electron chi connectivity index (χ0n) is 6.45. The average Bonchev–Trinajstić information content (AvgIpc) is 2.04. The third-order valence-corrected chi connectivity index (χ3v) is 2.93. The highest BCUT2D eigenvalue weighted by molar-refractivity contribution is 7.99. The molecule has 0 aromatic rings. The van der Waals surface area contributed by atoms with Crippen LogP contribution in [0.4, 0.5) is 0 Å². The molecule has 1 heterocycles. The first-order valence-electron chi connectivity index (χ1n) is 3.59. The van der Waals surface area contributed by atoms with Gasteiger partial charge in [0.25, 0.3) is 0 Å². The van der Waals surface area contributed by atoms with E-state index in [1.54, 1.807) is 11.8 Å². The predicted molar refractivity (Wildman–Crippen MR) is 43.5 cm³/mol. The second-order valence-electron chi connectivity index (χ2n) is 2.56. The van der Waals surface area contributed by atoms with Crippen LogP contribution in [0.25, 0.3) is 0 Å². The van der Waals surface area contributed by atoms with Crippen molar-refractivity contribution < 1.29 is 14.6 Å². The molecule has 64 valence electrons. The number of methoxy groups -OCH3 is 1. The van der Waals surface area contributed by atoms with E-state index in [0.717, 1.165) is 12.2 Å². The number of carbonyl (C=O) groups excluding carboxylic acids is 1. The van der Waals surface area contributed by atoms with Gasteiger partial charge in [0, 0.05) is 5.75 Å². The Kier molecular flexibility index (Phi) is 3.20. The number of hydrogen-bond acceptors (Lipinski definition) is 4. The summed E-state index contributed by atoms with van der Waals surface area (Å²) in [5, 5.41) is 9.35. The average molecular weight is 176 g/mol. The summed E-state index contributed by atoms with van der Waals surface area (Å²) < 4.78 is 4.55. The van der Waals surface area contributed by atoms with E-state index in [1.165, 1.54) is 7.11 Å². The molecule has 0 aromatic carbocycles. The highest BCUT2D eigenvalue weighted by Crippen LogP contribution is 2.23. The Morgan fingerprint density at radius 2 is 2.45 bits per heavy atom. The maximum atomic E-state index is 11.0. The molecule has 0 bridgehead atoms. The number of hydrogen-bond donors (Lipinski definition) is 1. The molecule has 1 aliphatic heterocycles. The van der Waals surface area contributed by atoms with Crippen LogP contribution in [0, 0.1) is 5.92 Å². The van der Waals surface area contributed by atoms with E-state index in [0.29, 0.717) is 5.75 Å². The summed E-state index contributed by atoms with van der Waals surface area (Å²) in [6.07, 6.45) is 0.222. The molecule has 1 aliphatic rings. The first kappa shape index (κ1) is 8.87. The van der Waals surface area contributed by atoms with Crippen molar-refractivity contribution in [3.05, 3.63) is 0 Å². The summed E-state index contributed by atoms with van der Waals surface area (Å²) in [6, 6.07) is 0. The lowest BCUT2D eigenvalue weighted by Gasteiger charge is -2.24. The quantitative estimate of drug-likeness (QED) is 0.583. The van der Waals surface area contributed by atoms with Crippen LogP contribution in [0.15, 0.2) is 0 Å². The van der Waals surface area contributed by atoms with E-state index in [4.69, 9.17) is 0 Å². The Labute approximate surface area is 70.1 Å². The molecule has 1 N–H and O–H groups in total. The zero-order chi connectivity index (χ0) is 8.27. The minimum atomic E-state index is -0.513. The van der Waals surface area contributed by atoms with Crippen LogP contribution in [-0.2, 0) is 9.53 Å². The highest BCUT2D eigenvalue weighted by atomic mass is 32.2. The van der Waals surface area contributed by atoms with Crippen molar-refractivity contribution in [2.75, 3.05) is 18.6 Å². The van der Waals surface area contributed by atoms with Gasteiger partial charge in [0.05, 0.1) is 19.1 Å². The SMILES string of the molecule is COC(=O)[C@H]1CCSC[C@H]1O. The van der Waals surface area contributed by atoms with Gasteiger partial charge in [-0.3, -0.25) is 4.79 Å². The van der Waals surface area contributed by atoms with Crippen molar-refractivity contribution in [1.82, 2.24) is 0 Å². The number of ether oxygens (including phenoxy) is 1. The summed E-state index contributed by atoms with van der Waals surface area (Å²) in [7, 11) is 1.36. The van der Waals surface area contributed by atoms with Crippen molar-refractivity contribution >= 4 is 17.7 Å². The van der Waals surface area contributed by atoms with Gasteiger partial charge in [-0.25, -0.2) is 0 Å². The lowest BCUT2D eigenvalue weighted by molar-refractivity contribution is -0.149. The molecule has 4 heteroatoms. The number of thioether (sulfide) groups is 1. The van der Waals surface area contributed by atoms with E-state index < -0.39 is 6.10 Å². The smallest absolute Gasteiger partial charge is 0.311 e. The fraction of sp³-hybridized carbons (Fsp3) is 0.857. The fourth-order valence-corrected chi connectivity index (χ4v) is 2.21. The van der Waals surface area contributed by atoms with Gasteiger partial charge in [-0.05, 0) is 12.2 Å². The molecule has 0 spiro atoms. The van der Waals surface area contributed by atoms with Gasteiger partial charge in [0.2, 0.25) is 0 Å². The number of aliphatic hydroxyl groups is 1. The molecule has 0 aromatic heterocycles.